The van der Waals surface area contributed by atoms with E-state index in [0.717, 1.165) is 6.42 Å². The number of halogens is 2. The molecular weight excluding hydrogens is 229 g/mol. The number of carbonyl (C=O) groups is 1. The van der Waals surface area contributed by atoms with Gasteiger partial charge in [-0.1, -0.05) is 31.0 Å². The molecule has 0 saturated carbocycles. The molecule has 1 atom stereocenters. The summed E-state index contributed by atoms with van der Waals surface area (Å²) < 4.78 is 13.1. The summed E-state index contributed by atoms with van der Waals surface area (Å²) in [6.07, 6.45) is 1.69. The third-order valence-corrected chi connectivity index (χ3v) is 2.68. The normalized spacial score (nSPS) is 12.5. The van der Waals surface area contributed by atoms with Crippen LogP contribution in [0, 0.1) is 5.82 Å². The number of carbonyl (C=O) groups excluding carboxylic acids is 1. The Morgan fingerprint density at radius 2 is 2.25 bits per heavy atom. The lowest BCUT2D eigenvalue weighted by Crippen LogP contribution is -2.31. The van der Waals surface area contributed by atoms with Crippen LogP contribution in [-0.4, -0.2) is 11.8 Å². The number of ketones is 1. The van der Waals surface area contributed by atoms with Crippen LogP contribution in [0.25, 0.3) is 0 Å². The summed E-state index contributed by atoms with van der Waals surface area (Å²) in [6.45, 7) is 1.97. The number of rotatable bonds is 5. The van der Waals surface area contributed by atoms with E-state index in [4.69, 9.17) is 17.3 Å². The molecule has 88 valence electrons. The monoisotopic (exact) mass is 243 g/mol. The van der Waals surface area contributed by atoms with Crippen LogP contribution in [0.15, 0.2) is 18.2 Å². The maximum atomic E-state index is 13.1. The van der Waals surface area contributed by atoms with Gasteiger partial charge in [0.15, 0.2) is 5.78 Å². The Morgan fingerprint density at radius 3 is 2.81 bits per heavy atom. The van der Waals surface area contributed by atoms with Gasteiger partial charge in [-0.05, 0) is 24.1 Å². The van der Waals surface area contributed by atoms with Gasteiger partial charge in [-0.2, -0.15) is 0 Å². The highest BCUT2D eigenvalue weighted by Crippen LogP contribution is 2.16. The second kappa shape index (κ2) is 5.97. The zero-order valence-corrected chi connectivity index (χ0v) is 9.93. The fourth-order valence-corrected chi connectivity index (χ4v) is 1.57. The number of hydrogen-bond donors (Lipinski definition) is 1. The van der Waals surface area contributed by atoms with Crippen LogP contribution >= 0.6 is 11.6 Å². The molecule has 0 aliphatic heterocycles. The van der Waals surface area contributed by atoms with Crippen molar-refractivity contribution in [3.8, 4) is 0 Å². The zero-order chi connectivity index (χ0) is 12.1. The van der Waals surface area contributed by atoms with Crippen molar-refractivity contribution in [1.29, 1.82) is 0 Å². The number of nitrogens with two attached hydrogens (primary N) is 1. The second-order valence-electron chi connectivity index (χ2n) is 3.79. The average molecular weight is 244 g/mol. The van der Waals surface area contributed by atoms with E-state index < -0.39 is 11.9 Å². The van der Waals surface area contributed by atoms with Crippen LogP contribution in [-0.2, 0) is 11.2 Å². The van der Waals surface area contributed by atoms with Gasteiger partial charge >= 0.3 is 0 Å². The first-order chi connectivity index (χ1) is 7.54. The highest BCUT2D eigenvalue weighted by molar-refractivity contribution is 6.30. The largest absolute Gasteiger partial charge is 0.321 e. The van der Waals surface area contributed by atoms with Crippen molar-refractivity contribution in [2.24, 2.45) is 5.73 Å². The maximum absolute atomic E-state index is 13.1. The van der Waals surface area contributed by atoms with Crippen molar-refractivity contribution in [2.45, 2.75) is 32.2 Å². The van der Waals surface area contributed by atoms with E-state index in [0.29, 0.717) is 12.0 Å². The van der Waals surface area contributed by atoms with E-state index in [-0.39, 0.29) is 17.2 Å². The van der Waals surface area contributed by atoms with E-state index in [1.54, 1.807) is 6.07 Å². The van der Waals surface area contributed by atoms with Crippen molar-refractivity contribution in [3.63, 3.8) is 0 Å². The molecular formula is C12H15ClFNO. The van der Waals surface area contributed by atoms with Crippen molar-refractivity contribution in [2.75, 3.05) is 0 Å². The molecule has 4 heteroatoms. The van der Waals surface area contributed by atoms with Gasteiger partial charge in [0.25, 0.3) is 0 Å². The SMILES string of the molecule is CCCC(N)C(=O)Cc1ccc(Cl)c(F)c1. The molecule has 0 aliphatic rings. The Morgan fingerprint density at radius 1 is 1.56 bits per heavy atom. The van der Waals surface area contributed by atoms with Crippen LogP contribution < -0.4 is 5.73 Å². The molecule has 2 N–H and O–H groups in total. The summed E-state index contributed by atoms with van der Waals surface area (Å²) in [7, 11) is 0. The van der Waals surface area contributed by atoms with Crippen molar-refractivity contribution in [1.82, 2.24) is 0 Å². The molecule has 2 nitrogen and oxygen atoms in total. The Hall–Kier alpha value is -0.930. The van der Waals surface area contributed by atoms with Crippen LogP contribution in [0.4, 0.5) is 4.39 Å². The minimum atomic E-state index is -0.504. The van der Waals surface area contributed by atoms with E-state index in [2.05, 4.69) is 0 Å². The summed E-state index contributed by atoms with van der Waals surface area (Å²) in [6, 6.07) is 3.91. The van der Waals surface area contributed by atoms with E-state index in [1.165, 1.54) is 12.1 Å². The van der Waals surface area contributed by atoms with Gasteiger partial charge in [-0.15, -0.1) is 0 Å². The Balaban J connectivity index is 2.66. The molecule has 0 heterocycles. The lowest BCUT2D eigenvalue weighted by molar-refractivity contribution is -0.119. The van der Waals surface area contributed by atoms with Gasteiger partial charge in [0, 0.05) is 6.42 Å². The Bertz CT molecular complexity index is 381. The highest BCUT2D eigenvalue weighted by atomic mass is 35.5. The summed E-state index contributed by atoms with van der Waals surface area (Å²) >= 11 is 5.54. The Labute approximate surface area is 99.6 Å². The minimum Gasteiger partial charge on any atom is -0.321 e. The third kappa shape index (κ3) is 3.58. The molecule has 1 unspecified atom stereocenters. The lowest BCUT2D eigenvalue weighted by atomic mass is 10.0. The molecule has 0 spiro atoms. The summed E-state index contributed by atoms with van der Waals surface area (Å²) in [5.74, 6) is -0.570. The van der Waals surface area contributed by atoms with Gasteiger partial charge in [0.2, 0.25) is 0 Å². The van der Waals surface area contributed by atoms with Gasteiger partial charge in [0.1, 0.15) is 5.82 Å². The third-order valence-electron chi connectivity index (χ3n) is 2.38. The van der Waals surface area contributed by atoms with Crippen LogP contribution in [0.2, 0.25) is 5.02 Å². The number of benzene rings is 1. The predicted molar refractivity (Wildman–Crippen MR) is 63.0 cm³/mol. The molecule has 16 heavy (non-hydrogen) atoms. The zero-order valence-electron chi connectivity index (χ0n) is 9.17. The molecule has 0 saturated heterocycles. The topological polar surface area (TPSA) is 43.1 Å². The fourth-order valence-electron chi connectivity index (χ4n) is 1.45. The van der Waals surface area contributed by atoms with Crippen molar-refractivity contribution >= 4 is 17.4 Å². The summed E-state index contributed by atoms with van der Waals surface area (Å²) in [4.78, 5) is 11.6. The molecule has 1 aromatic carbocycles. The second-order valence-corrected chi connectivity index (χ2v) is 4.19. The molecule has 1 rings (SSSR count). The average Bonchev–Trinajstić information content (AvgIpc) is 2.24. The Kier molecular flexibility index (Phi) is 4.90. The first kappa shape index (κ1) is 13.1. The summed E-state index contributed by atoms with van der Waals surface area (Å²) in [5.41, 5.74) is 6.28. The maximum Gasteiger partial charge on any atom is 0.153 e. The predicted octanol–water partition coefficient (Wildman–Crippen LogP) is 2.72. The molecule has 0 amide bonds. The lowest BCUT2D eigenvalue weighted by Gasteiger charge is -2.09. The molecule has 0 aromatic heterocycles. The van der Waals surface area contributed by atoms with E-state index >= 15 is 0 Å². The van der Waals surface area contributed by atoms with Gasteiger partial charge in [-0.3, -0.25) is 4.79 Å². The highest BCUT2D eigenvalue weighted by Gasteiger charge is 2.13. The molecule has 0 bridgehead atoms. The molecule has 0 radical (unpaired) electrons. The van der Waals surface area contributed by atoms with Crippen LogP contribution in [0.1, 0.15) is 25.3 Å². The van der Waals surface area contributed by atoms with Gasteiger partial charge < -0.3 is 5.73 Å². The van der Waals surface area contributed by atoms with Crippen molar-refractivity contribution in [3.05, 3.63) is 34.6 Å². The summed E-state index contributed by atoms with van der Waals surface area (Å²) in [5, 5.41) is 0.0639. The fraction of sp³-hybridized carbons (Fsp3) is 0.417. The van der Waals surface area contributed by atoms with Crippen LogP contribution in [0.5, 0.6) is 0 Å². The molecule has 1 aromatic rings. The molecule has 0 aliphatic carbocycles. The van der Waals surface area contributed by atoms with Gasteiger partial charge in [0.05, 0.1) is 11.1 Å². The first-order valence-electron chi connectivity index (χ1n) is 5.26. The van der Waals surface area contributed by atoms with Crippen LogP contribution in [0.3, 0.4) is 0 Å². The van der Waals surface area contributed by atoms with Crippen molar-refractivity contribution < 1.29 is 9.18 Å². The minimum absolute atomic E-state index is 0.0639. The first-order valence-corrected chi connectivity index (χ1v) is 5.64. The smallest absolute Gasteiger partial charge is 0.153 e. The van der Waals surface area contributed by atoms with E-state index in [9.17, 15) is 9.18 Å². The number of hydrogen-bond acceptors (Lipinski definition) is 2. The van der Waals surface area contributed by atoms with Gasteiger partial charge in [-0.25, -0.2) is 4.39 Å². The quantitative estimate of drug-likeness (QED) is 0.864. The van der Waals surface area contributed by atoms with E-state index in [1.807, 2.05) is 6.92 Å². The number of Topliss-reactive ketones (excluding diaryl/α,β-unsaturated/α-hetero) is 1. The molecule has 0 fully saturated rings. The standard InChI is InChI=1S/C12H15ClFNO/c1-2-3-11(15)12(16)7-8-4-5-9(13)10(14)6-8/h4-6,11H,2-3,7,15H2,1H3.